The summed E-state index contributed by atoms with van der Waals surface area (Å²) in [6.45, 7) is 59.9. The Hall–Kier alpha value is -11.7. The highest BCUT2D eigenvalue weighted by molar-refractivity contribution is 6.38. The summed E-state index contributed by atoms with van der Waals surface area (Å²) in [6.07, 6.45) is 5.83. The Bertz CT molecular complexity index is 5520. The van der Waals surface area contributed by atoms with Gasteiger partial charge < -0.3 is 45.3 Å². The number of rotatable bonds is 41. The number of aromatic hydroxyl groups is 1. The molecule has 1 fully saturated rings. The van der Waals surface area contributed by atoms with Crippen LogP contribution in [0.25, 0.3) is 17.5 Å². The van der Waals surface area contributed by atoms with Crippen molar-refractivity contribution in [3.05, 3.63) is 236 Å². The van der Waals surface area contributed by atoms with Gasteiger partial charge in [-0.2, -0.15) is 0 Å². The van der Waals surface area contributed by atoms with Crippen LogP contribution in [0.2, 0.25) is 0 Å². The van der Waals surface area contributed by atoms with Crippen LogP contribution in [0, 0.1) is 0 Å². The molecule has 0 bridgehead atoms. The van der Waals surface area contributed by atoms with E-state index in [0.29, 0.717) is 71.4 Å². The number of anilines is 6. The van der Waals surface area contributed by atoms with Crippen LogP contribution in [0.3, 0.4) is 0 Å². The third-order valence-corrected chi connectivity index (χ3v) is 28.7. The highest BCUT2D eigenvalue weighted by Crippen LogP contribution is 2.46. The maximum Gasteiger partial charge on any atom is 0.283 e. The molecule has 1 aromatic heterocycles. The van der Waals surface area contributed by atoms with E-state index in [1.54, 1.807) is 97.1 Å². The van der Waals surface area contributed by atoms with Crippen molar-refractivity contribution in [2.24, 2.45) is 0 Å². The molecule has 131 heavy (non-hydrogen) atoms. The second-order valence-corrected chi connectivity index (χ2v) is 40.4. The maximum absolute atomic E-state index is 15.8. The number of nitrogens with zero attached hydrogens (tertiary/aromatic N) is 4. The number of hydrogen-bond acceptors (Lipinski definition) is 12. The van der Waals surface area contributed by atoms with E-state index < -0.39 is 82.4 Å². The molecule has 8 aromatic carbocycles. The zero-order chi connectivity index (χ0) is 96.6. The molecule has 6 amide bonds. The van der Waals surface area contributed by atoms with Crippen LogP contribution < -0.4 is 55.8 Å². The summed E-state index contributed by atoms with van der Waals surface area (Å²) in [5, 5.41) is 27.4. The van der Waals surface area contributed by atoms with Gasteiger partial charge in [-0.1, -0.05) is 242 Å². The molecule has 20 heteroatoms. The van der Waals surface area contributed by atoms with Gasteiger partial charge in [-0.25, -0.2) is 19.4 Å². The van der Waals surface area contributed by atoms with E-state index in [0.717, 1.165) is 89.7 Å². The van der Waals surface area contributed by atoms with Gasteiger partial charge in [0.15, 0.2) is 24.4 Å². The van der Waals surface area contributed by atoms with Crippen molar-refractivity contribution in [2.45, 2.75) is 339 Å². The molecule has 702 valence electrons. The van der Waals surface area contributed by atoms with Gasteiger partial charge in [0.2, 0.25) is 5.88 Å². The lowest BCUT2D eigenvalue weighted by Gasteiger charge is -2.31. The summed E-state index contributed by atoms with van der Waals surface area (Å²) in [5.74, 6) is -1.60. The number of hydrazine groups is 1. The van der Waals surface area contributed by atoms with Crippen LogP contribution >= 0.6 is 0 Å². The van der Waals surface area contributed by atoms with Crippen molar-refractivity contribution in [3.63, 3.8) is 0 Å². The van der Waals surface area contributed by atoms with Gasteiger partial charge in [-0.05, 0) is 270 Å². The number of amides is 6. The quantitative estimate of drug-likeness (QED) is 0.0178. The largest absolute Gasteiger partial charge is 0.493 e. The maximum atomic E-state index is 15.8. The highest BCUT2D eigenvalue weighted by atomic mass is 16.5. The fourth-order valence-electron chi connectivity index (χ4n) is 15.8. The van der Waals surface area contributed by atoms with Crippen molar-refractivity contribution < 1.29 is 52.8 Å². The molecule has 0 radical (unpaired) electrons. The Kier molecular flexibility index (Phi) is 31.8. The van der Waals surface area contributed by atoms with E-state index in [4.69, 9.17) is 18.9 Å². The molecule has 20 nitrogen and oxygen atoms in total. The van der Waals surface area contributed by atoms with Crippen LogP contribution in [0.4, 0.5) is 34.1 Å². The minimum atomic E-state index is -0.906. The predicted molar refractivity (Wildman–Crippen MR) is 535 cm³/mol. The molecular weight excluding hydrogens is 1640 g/mol. The molecule has 2 heterocycles. The average Bonchev–Trinajstić information content (AvgIpc) is 1.57. The molecule has 0 saturated carbocycles. The van der Waals surface area contributed by atoms with Crippen molar-refractivity contribution in [1.29, 1.82) is 0 Å². The fraction of sp³-hybridized carbons (Fsp3) is 0.468. The minimum Gasteiger partial charge on any atom is -0.493 e. The fourth-order valence-corrected chi connectivity index (χ4v) is 15.8. The Balaban J connectivity index is 1.04. The SMILES string of the molecule is CCC(Oc1ccc(C(C)(C)CC)cc1C(C)(C)CC)C(=O)Nc1ccc(N2C(=O)C(=Cc3c(O)n(-c4ccc(NC(=O)C(CC)Oc5ccc(C(C)(C)CC)cc5C(C)(C)CC)cc4)n(-c4ccc(NC(=O)C(CC)Oc5ccc(C(C)(C)CC)cc5C(C)(C)CC)cc4)c3=O)C(=O)N2c2ccc(NC(=O)C(CC)Oc3ccc(C(C)(C)CC)cc3C(C)(C)CC)cc2)cc1. The second-order valence-electron chi connectivity index (χ2n) is 40.4. The highest BCUT2D eigenvalue weighted by Gasteiger charge is 2.45. The topological polar surface area (TPSA) is 241 Å². The van der Waals surface area contributed by atoms with E-state index in [-0.39, 0.29) is 66.1 Å². The Morgan fingerprint density at radius 1 is 0.305 bits per heavy atom. The molecule has 0 spiro atoms. The van der Waals surface area contributed by atoms with E-state index in [2.05, 4.69) is 236 Å². The van der Waals surface area contributed by atoms with E-state index in [1.165, 1.54) is 31.6 Å². The van der Waals surface area contributed by atoms with E-state index >= 15 is 14.4 Å². The van der Waals surface area contributed by atoms with Crippen LogP contribution in [0.15, 0.2) is 180 Å². The third-order valence-electron chi connectivity index (χ3n) is 28.7. The Morgan fingerprint density at radius 3 is 0.733 bits per heavy atom. The number of carbonyl (C=O) groups excluding carboxylic acids is 6. The normalized spacial score (nSPS) is 14.1. The molecule has 4 atom stereocenters. The van der Waals surface area contributed by atoms with Crippen molar-refractivity contribution in [3.8, 4) is 40.3 Å². The zero-order valence-corrected chi connectivity index (χ0v) is 83.3. The summed E-state index contributed by atoms with van der Waals surface area (Å²) < 4.78 is 29.1. The number of hydrogen-bond donors (Lipinski definition) is 5. The molecule has 1 aliphatic heterocycles. The molecule has 0 aliphatic carbocycles. The standard InChI is InChI=1S/C111H146N8O12/c1-29-88(128-92-61-41-70(104(13,14)33-5)65-84(92)108(21,22)37-9)96(120)112-74-45-53-78(54-46-74)116-100(124)82(101(125)117(116)79-55-47-75(48-56-79)113-97(121)89(30-2)129-93-62-42-71(105(15,16)34-6)66-85(93)109(23,24)38-10)69-83-102(126)118(80-57-49-76(50-58-80)114-98(122)90(31-3)130-94-63-43-72(106(17,18)35-7)67-86(94)110(25,26)39-11)119(103(83)127)81-59-51-77(52-60-81)115-99(123)91(32-4)131-95-64-44-73(107(19,20)36-8)68-87(95)111(27,28)40-12/h41-69,88-91,124H,29-40H2,1-28H3,(H,112,120)(H,113,121)(H,114,122)(H,115,123). The monoisotopic (exact) mass is 1780 g/mol. The Morgan fingerprint density at radius 2 is 0.519 bits per heavy atom. The number of ether oxygens (including phenoxy) is 4. The number of nitrogens with one attached hydrogen (secondary N) is 4. The first-order valence-corrected chi connectivity index (χ1v) is 47.5. The van der Waals surface area contributed by atoms with Gasteiger partial charge in [0.1, 0.15) is 34.1 Å². The van der Waals surface area contributed by atoms with E-state index in [9.17, 15) is 24.3 Å². The van der Waals surface area contributed by atoms with Gasteiger partial charge in [0, 0.05) is 45.0 Å². The minimum absolute atomic E-state index is 0.0919. The summed E-state index contributed by atoms with van der Waals surface area (Å²) >= 11 is 0. The number of aromatic nitrogens is 2. The smallest absolute Gasteiger partial charge is 0.283 e. The lowest BCUT2D eigenvalue weighted by Crippen LogP contribution is -2.41. The van der Waals surface area contributed by atoms with Crippen molar-refractivity contribution >= 4 is 75.6 Å². The summed E-state index contributed by atoms with van der Waals surface area (Å²) in [4.78, 5) is 105. The zero-order valence-electron chi connectivity index (χ0n) is 83.3. The summed E-state index contributed by atoms with van der Waals surface area (Å²) in [5.41, 5.74) is 7.63. The van der Waals surface area contributed by atoms with Gasteiger partial charge in [0.05, 0.1) is 22.7 Å². The van der Waals surface area contributed by atoms with Crippen LogP contribution in [-0.4, -0.2) is 74.3 Å². The number of carbonyl (C=O) groups is 6. The van der Waals surface area contributed by atoms with Crippen molar-refractivity contribution in [2.75, 3.05) is 31.3 Å². The molecule has 9 aromatic rings. The first-order valence-electron chi connectivity index (χ1n) is 47.5. The number of benzene rings is 8. The van der Waals surface area contributed by atoms with Crippen LogP contribution in [-0.2, 0) is 72.1 Å². The van der Waals surface area contributed by atoms with Crippen LogP contribution in [0.5, 0.6) is 28.9 Å². The Labute approximate surface area is 779 Å². The molecular formula is C111H146N8O12. The van der Waals surface area contributed by atoms with Gasteiger partial charge >= 0.3 is 0 Å². The van der Waals surface area contributed by atoms with Gasteiger partial charge in [-0.15, -0.1) is 0 Å². The van der Waals surface area contributed by atoms with Gasteiger partial charge in [0.25, 0.3) is 41.0 Å². The first kappa shape index (κ1) is 101. The lowest BCUT2D eigenvalue weighted by atomic mass is 9.76. The summed E-state index contributed by atoms with van der Waals surface area (Å²) in [6, 6.07) is 50.7. The molecule has 10 rings (SSSR count). The van der Waals surface area contributed by atoms with Gasteiger partial charge in [-0.3, -0.25) is 33.6 Å². The molecule has 4 unspecified atom stereocenters. The first-order chi connectivity index (χ1) is 61.6. The second kappa shape index (κ2) is 41.0. The predicted octanol–water partition coefficient (Wildman–Crippen LogP) is 25.4. The van der Waals surface area contributed by atoms with Crippen LogP contribution in [0.1, 0.15) is 321 Å². The lowest BCUT2D eigenvalue weighted by molar-refractivity contribution is -0.123. The molecule has 5 N–H and O–H groups in total. The molecule has 1 aliphatic rings. The third kappa shape index (κ3) is 22.2. The van der Waals surface area contributed by atoms with E-state index in [1.807, 2.05) is 52.0 Å². The van der Waals surface area contributed by atoms with Crippen molar-refractivity contribution in [1.82, 2.24) is 9.36 Å². The molecule has 1 saturated heterocycles. The average molecular weight is 1780 g/mol. The summed E-state index contributed by atoms with van der Waals surface area (Å²) in [7, 11) is 0.